The number of allylic oxidation sites excluding steroid dienone is 4. The average molecular weight is 788 g/mol. The van der Waals surface area contributed by atoms with Crippen molar-refractivity contribution in [3.63, 3.8) is 0 Å². The predicted octanol–water partition coefficient (Wildman–Crippen LogP) is 15.7. The molecule has 8 aromatic carbocycles. The molecule has 0 fully saturated rings. The van der Waals surface area contributed by atoms with Crippen LogP contribution in [0.1, 0.15) is 57.7 Å². The number of para-hydroxylation sites is 3. The van der Waals surface area contributed by atoms with E-state index in [1.165, 1.54) is 81.5 Å². The van der Waals surface area contributed by atoms with Crippen LogP contribution >= 0.6 is 11.3 Å². The summed E-state index contributed by atoms with van der Waals surface area (Å²) in [5.41, 5.74) is 15.6. The maximum Gasteiger partial charge on any atom is 0.132 e. The zero-order chi connectivity index (χ0) is 39.8. The van der Waals surface area contributed by atoms with Crippen LogP contribution in [0, 0.1) is 6.92 Å². The van der Waals surface area contributed by atoms with Crippen LogP contribution in [0.5, 0.6) is 11.5 Å². The molecule has 60 heavy (non-hydrogen) atoms. The van der Waals surface area contributed by atoms with Crippen LogP contribution in [0.2, 0.25) is 0 Å². The van der Waals surface area contributed by atoms with Crippen LogP contribution in [0.15, 0.2) is 206 Å². The SMILES string of the molecule is Cc1c(C(C2=CCCC=C2)c2ccccc2)c(N(c2ccccc2)c2ccc3c(c2)C2(c4ccccc4Oc4ccccc42)c2ccccc2-3)cc2c1sc1ccccc12. The van der Waals surface area contributed by atoms with Gasteiger partial charge < -0.3 is 9.64 Å². The van der Waals surface area contributed by atoms with Gasteiger partial charge in [-0.1, -0.05) is 152 Å². The smallest absolute Gasteiger partial charge is 0.132 e. The highest BCUT2D eigenvalue weighted by Crippen LogP contribution is 2.63. The molecule has 1 aromatic heterocycles. The summed E-state index contributed by atoms with van der Waals surface area (Å²) in [5.74, 6) is 1.82. The molecule has 2 aliphatic carbocycles. The molecule has 286 valence electrons. The van der Waals surface area contributed by atoms with Crippen molar-refractivity contribution < 1.29 is 4.74 Å². The first-order valence-corrected chi connectivity index (χ1v) is 21.8. The highest BCUT2D eigenvalue weighted by Gasteiger charge is 2.51. The van der Waals surface area contributed by atoms with Gasteiger partial charge in [0.15, 0.2) is 0 Å². The molecule has 0 N–H and O–H groups in total. The Kier molecular flexibility index (Phi) is 8.08. The molecule has 9 aromatic rings. The van der Waals surface area contributed by atoms with Gasteiger partial charge in [0.25, 0.3) is 0 Å². The quantitative estimate of drug-likeness (QED) is 0.166. The zero-order valence-electron chi connectivity index (χ0n) is 33.3. The number of hydrogen-bond donors (Lipinski definition) is 0. The summed E-state index contributed by atoms with van der Waals surface area (Å²) in [7, 11) is 0. The van der Waals surface area contributed by atoms with Crippen LogP contribution in [-0.4, -0.2) is 0 Å². The molecule has 3 heteroatoms. The average Bonchev–Trinajstić information content (AvgIpc) is 3.83. The van der Waals surface area contributed by atoms with Crippen molar-refractivity contribution in [3.05, 3.63) is 245 Å². The van der Waals surface area contributed by atoms with E-state index in [0.717, 1.165) is 35.7 Å². The molecule has 1 spiro atoms. The number of thiophene rings is 1. The number of benzene rings is 8. The minimum Gasteiger partial charge on any atom is -0.457 e. The fraction of sp³-hybridized carbons (Fsp3) is 0.0877. The lowest BCUT2D eigenvalue weighted by molar-refractivity contribution is 0.436. The second kappa shape index (κ2) is 13.8. The van der Waals surface area contributed by atoms with Gasteiger partial charge in [-0.25, -0.2) is 0 Å². The highest BCUT2D eigenvalue weighted by atomic mass is 32.1. The van der Waals surface area contributed by atoms with E-state index >= 15 is 0 Å². The fourth-order valence-corrected chi connectivity index (χ4v) is 11.8. The molecule has 0 bridgehead atoms. The normalized spacial score (nSPS) is 14.8. The highest BCUT2D eigenvalue weighted by molar-refractivity contribution is 7.26. The maximum atomic E-state index is 6.71. The Morgan fingerprint density at radius 1 is 0.567 bits per heavy atom. The minimum absolute atomic E-state index is 0.0258. The van der Waals surface area contributed by atoms with Gasteiger partial charge in [0.1, 0.15) is 11.5 Å². The van der Waals surface area contributed by atoms with Crippen LogP contribution in [0.25, 0.3) is 31.3 Å². The first kappa shape index (κ1) is 35.0. The monoisotopic (exact) mass is 787 g/mol. The molecular weight excluding hydrogens is 747 g/mol. The molecule has 0 amide bonds. The first-order valence-electron chi connectivity index (χ1n) is 21.0. The van der Waals surface area contributed by atoms with Gasteiger partial charge in [-0.2, -0.15) is 0 Å². The molecule has 1 aliphatic heterocycles. The van der Waals surface area contributed by atoms with Crippen LogP contribution in [0.4, 0.5) is 17.1 Å². The van der Waals surface area contributed by atoms with Gasteiger partial charge in [-0.3, -0.25) is 0 Å². The van der Waals surface area contributed by atoms with Crippen molar-refractivity contribution in [2.75, 3.05) is 4.90 Å². The number of fused-ring (bicyclic) bond motifs is 12. The van der Waals surface area contributed by atoms with Crippen molar-refractivity contribution in [1.29, 1.82) is 0 Å². The van der Waals surface area contributed by atoms with E-state index in [-0.39, 0.29) is 5.92 Å². The summed E-state index contributed by atoms with van der Waals surface area (Å²) >= 11 is 1.92. The van der Waals surface area contributed by atoms with E-state index in [4.69, 9.17) is 4.74 Å². The fourth-order valence-electron chi connectivity index (χ4n) is 10.6. The first-order chi connectivity index (χ1) is 29.7. The Hall–Kier alpha value is -6.94. The number of hydrogen-bond acceptors (Lipinski definition) is 3. The number of ether oxygens (including phenoxy) is 1. The Morgan fingerprint density at radius 2 is 1.22 bits per heavy atom. The lowest BCUT2D eigenvalue weighted by atomic mass is 9.66. The molecule has 12 rings (SSSR count). The third kappa shape index (κ3) is 5.12. The number of rotatable bonds is 6. The van der Waals surface area contributed by atoms with Gasteiger partial charge in [0.05, 0.1) is 11.1 Å². The molecule has 0 radical (unpaired) electrons. The Bertz CT molecular complexity index is 3160. The zero-order valence-corrected chi connectivity index (χ0v) is 34.1. The number of aryl methyl sites for hydroxylation is 1. The number of nitrogens with zero attached hydrogens (tertiary/aromatic N) is 1. The second-order valence-electron chi connectivity index (χ2n) is 16.2. The van der Waals surface area contributed by atoms with Gasteiger partial charge >= 0.3 is 0 Å². The predicted molar refractivity (Wildman–Crippen MR) is 251 cm³/mol. The van der Waals surface area contributed by atoms with Gasteiger partial charge in [-0.15, -0.1) is 11.3 Å². The third-order valence-corrected chi connectivity index (χ3v) is 14.4. The summed E-state index contributed by atoms with van der Waals surface area (Å²) < 4.78 is 9.38. The molecular formula is C57H41NOS. The lowest BCUT2D eigenvalue weighted by Crippen LogP contribution is -2.32. The molecule has 2 heterocycles. The van der Waals surface area contributed by atoms with E-state index in [2.05, 4.69) is 212 Å². The van der Waals surface area contributed by atoms with E-state index in [0.29, 0.717) is 0 Å². The Labute approximate surface area is 355 Å². The molecule has 2 nitrogen and oxygen atoms in total. The van der Waals surface area contributed by atoms with Gasteiger partial charge in [0.2, 0.25) is 0 Å². The van der Waals surface area contributed by atoms with Crippen molar-refractivity contribution in [2.45, 2.75) is 31.1 Å². The van der Waals surface area contributed by atoms with Crippen molar-refractivity contribution in [2.24, 2.45) is 0 Å². The molecule has 0 saturated heterocycles. The minimum atomic E-state index is -0.577. The standard InChI is InChI=1S/C57H41NOS/c1-37-54(55(38-19-5-2-6-20-38)39-21-7-3-8-22-39)50(36-45-44-26-12-18-32-53(44)60-56(37)45)58(40-23-9-4-10-24-40)41-33-34-43-42-25-11-13-27-46(42)57(49(43)35-41)47-28-14-16-30-51(47)59-52-31-17-15-29-48(52)57/h2,4-7,9-36,55H,3,8H2,1H3. The largest absolute Gasteiger partial charge is 0.457 e. The van der Waals surface area contributed by atoms with Crippen LogP contribution < -0.4 is 9.64 Å². The topological polar surface area (TPSA) is 12.5 Å². The summed E-state index contributed by atoms with van der Waals surface area (Å²) in [5, 5.41) is 2.60. The van der Waals surface area contributed by atoms with Crippen molar-refractivity contribution >= 4 is 48.6 Å². The van der Waals surface area contributed by atoms with Crippen molar-refractivity contribution in [1.82, 2.24) is 0 Å². The summed E-state index contributed by atoms with van der Waals surface area (Å²) in [6.07, 6.45) is 9.31. The van der Waals surface area contributed by atoms with Crippen LogP contribution in [0.3, 0.4) is 0 Å². The van der Waals surface area contributed by atoms with Gasteiger partial charge in [-0.05, 0) is 113 Å². The second-order valence-corrected chi connectivity index (χ2v) is 17.3. The van der Waals surface area contributed by atoms with Crippen LogP contribution in [-0.2, 0) is 5.41 Å². The lowest BCUT2D eigenvalue weighted by Gasteiger charge is -2.40. The number of anilines is 3. The van der Waals surface area contributed by atoms with E-state index in [9.17, 15) is 0 Å². The van der Waals surface area contributed by atoms with E-state index < -0.39 is 5.41 Å². The third-order valence-electron chi connectivity index (χ3n) is 13.1. The molecule has 0 saturated carbocycles. The van der Waals surface area contributed by atoms with E-state index in [1.54, 1.807) is 0 Å². The Balaban J connectivity index is 1.19. The summed E-state index contributed by atoms with van der Waals surface area (Å²) in [4.78, 5) is 2.55. The summed E-state index contributed by atoms with van der Waals surface area (Å²) in [6, 6.07) is 67.1. The molecule has 1 unspecified atom stereocenters. The Morgan fingerprint density at radius 3 is 1.97 bits per heavy atom. The molecule has 1 atom stereocenters. The van der Waals surface area contributed by atoms with Gasteiger partial charge in [0, 0.05) is 48.6 Å². The molecule has 3 aliphatic rings. The maximum absolute atomic E-state index is 6.71. The van der Waals surface area contributed by atoms with E-state index in [1.807, 2.05) is 11.3 Å². The summed E-state index contributed by atoms with van der Waals surface area (Å²) in [6.45, 7) is 2.37. The van der Waals surface area contributed by atoms with Crippen molar-refractivity contribution in [3.8, 4) is 22.6 Å².